The van der Waals surface area contributed by atoms with E-state index in [1.807, 2.05) is 44.8 Å². The lowest BCUT2D eigenvalue weighted by Gasteiger charge is -2.31. The Hall–Kier alpha value is -1.64. The summed E-state index contributed by atoms with van der Waals surface area (Å²) in [5, 5.41) is 9.51. The molecule has 0 heterocycles. The van der Waals surface area contributed by atoms with Gasteiger partial charge in [-0.2, -0.15) is 5.26 Å². The Labute approximate surface area is 115 Å². The van der Waals surface area contributed by atoms with Gasteiger partial charge in [-0.1, -0.05) is 29.8 Å². The number of nitrogens with zero attached hydrogens (tertiary/aromatic N) is 1. The number of esters is 1. The van der Waals surface area contributed by atoms with Gasteiger partial charge in [0.2, 0.25) is 0 Å². The highest BCUT2D eigenvalue weighted by Crippen LogP contribution is 2.30. The van der Waals surface area contributed by atoms with Gasteiger partial charge in [-0.05, 0) is 26.6 Å². The Kier molecular flexibility index (Phi) is 4.50. The summed E-state index contributed by atoms with van der Waals surface area (Å²) in [4.78, 5) is 12.1. The lowest BCUT2D eigenvalue weighted by molar-refractivity contribution is -0.155. The minimum Gasteiger partial charge on any atom is -0.466 e. The third kappa shape index (κ3) is 3.43. The zero-order chi connectivity index (χ0) is 14.7. The molecule has 1 rings (SSSR count). The van der Waals surface area contributed by atoms with Crippen LogP contribution in [0.25, 0.3) is 0 Å². The third-order valence-electron chi connectivity index (χ3n) is 2.55. The van der Waals surface area contributed by atoms with E-state index < -0.39 is 19.9 Å². The van der Waals surface area contributed by atoms with Crippen molar-refractivity contribution >= 4 is 14.3 Å². The first-order valence-corrected chi connectivity index (χ1v) is 9.43. The number of hydrogen-bond donors (Lipinski definition) is 0. The predicted molar refractivity (Wildman–Crippen MR) is 74.9 cm³/mol. The van der Waals surface area contributed by atoms with Crippen molar-refractivity contribution in [2.24, 2.45) is 0 Å². The highest BCUT2D eigenvalue weighted by molar-refractivity contribution is 6.70. The smallest absolute Gasteiger partial charge is 0.357 e. The quantitative estimate of drug-likeness (QED) is 0.627. The SMILES string of the molecule is COC(=O)[C@@](C#N)(O[Si](C)(C)C)c1ccc(C)cc1. The van der Waals surface area contributed by atoms with Crippen molar-refractivity contribution in [3.63, 3.8) is 0 Å². The Morgan fingerprint density at radius 1 is 1.26 bits per heavy atom. The molecular weight excluding hydrogens is 258 g/mol. The predicted octanol–water partition coefficient (Wildman–Crippen LogP) is 2.74. The van der Waals surface area contributed by atoms with Gasteiger partial charge in [-0.3, -0.25) is 0 Å². The molecule has 0 N–H and O–H groups in total. The number of methoxy groups -OCH3 is 1. The molecule has 0 bridgehead atoms. The highest BCUT2D eigenvalue weighted by atomic mass is 28.4. The largest absolute Gasteiger partial charge is 0.466 e. The summed E-state index contributed by atoms with van der Waals surface area (Å²) in [6.07, 6.45) is 0. The standard InChI is InChI=1S/C14H19NO3Si/c1-11-6-8-12(9-7-11)14(10-15,13(16)17-2)18-19(3,4)5/h6-9H,1-5H3/t14-/m0/s1. The normalized spacial score (nSPS) is 14.3. The average Bonchev–Trinajstić information content (AvgIpc) is 2.35. The minimum absolute atomic E-state index is 0.509. The van der Waals surface area contributed by atoms with Crippen LogP contribution in [0.5, 0.6) is 0 Å². The fourth-order valence-electron chi connectivity index (χ4n) is 1.74. The molecule has 19 heavy (non-hydrogen) atoms. The van der Waals surface area contributed by atoms with Crippen LogP contribution in [0.3, 0.4) is 0 Å². The van der Waals surface area contributed by atoms with E-state index in [2.05, 4.69) is 0 Å². The molecule has 0 saturated heterocycles. The van der Waals surface area contributed by atoms with Gasteiger partial charge in [0.1, 0.15) is 6.07 Å². The van der Waals surface area contributed by atoms with Crippen molar-refractivity contribution in [1.29, 1.82) is 5.26 Å². The Bertz CT molecular complexity index is 499. The van der Waals surface area contributed by atoms with Crippen molar-refractivity contribution in [2.75, 3.05) is 7.11 Å². The molecule has 0 fully saturated rings. The van der Waals surface area contributed by atoms with Crippen LogP contribution in [0, 0.1) is 18.3 Å². The van der Waals surface area contributed by atoms with E-state index >= 15 is 0 Å². The number of aryl methyl sites for hydroxylation is 1. The van der Waals surface area contributed by atoms with Crippen molar-refractivity contribution in [2.45, 2.75) is 32.2 Å². The summed E-state index contributed by atoms with van der Waals surface area (Å²) in [6.45, 7) is 7.72. The number of rotatable bonds is 4. The fourth-order valence-corrected chi connectivity index (χ4v) is 2.91. The first-order valence-electron chi connectivity index (χ1n) is 6.02. The van der Waals surface area contributed by atoms with Gasteiger partial charge in [-0.25, -0.2) is 4.79 Å². The number of carbonyl (C=O) groups is 1. The van der Waals surface area contributed by atoms with E-state index in [1.165, 1.54) is 7.11 Å². The molecule has 0 aliphatic carbocycles. The van der Waals surface area contributed by atoms with Gasteiger partial charge in [0.05, 0.1) is 7.11 Å². The minimum atomic E-state index is -2.11. The first-order chi connectivity index (χ1) is 8.75. The summed E-state index contributed by atoms with van der Waals surface area (Å²) < 4.78 is 10.6. The molecule has 0 unspecified atom stereocenters. The Morgan fingerprint density at radius 3 is 2.16 bits per heavy atom. The molecular formula is C14H19NO3Si. The second kappa shape index (κ2) is 5.55. The van der Waals surface area contributed by atoms with Crippen LogP contribution in [0.1, 0.15) is 11.1 Å². The zero-order valence-corrected chi connectivity index (χ0v) is 13.0. The van der Waals surface area contributed by atoms with Crippen LogP contribution in [-0.2, 0) is 19.6 Å². The maximum Gasteiger partial charge on any atom is 0.357 e. The molecule has 0 aliphatic heterocycles. The summed E-state index contributed by atoms with van der Waals surface area (Å²) in [7, 11) is -0.852. The van der Waals surface area contributed by atoms with E-state index in [-0.39, 0.29) is 0 Å². The topological polar surface area (TPSA) is 59.3 Å². The van der Waals surface area contributed by atoms with Gasteiger partial charge in [-0.15, -0.1) is 0 Å². The van der Waals surface area contributed by atoms with E-state index in [0.29, 0.717) is 5.56 Å². The molecule has 0 radical (unpaired) electrons. The number of nitriles is 1. The summed E-state index contributed by atoms with van der Waals surface area (Å²) >= 11 is 0. The van der Waals surface area contributed by atoms with Crippen LogP contribution in [0.4, 0.5) is 0 Å². The third-order valence-corrected chi connectivity index (χ3v) is 3.47. The molecule has 0 amide bonds. The molecule has 1 atom stereocenters. The monoisotopic (exact) mass is 277 g/mol. The van der Waals surface area contributed by atoms with Crippen LogP contribution >= 0.6 is 0 Å². The van der Waals surface area contributed by atoms with Gasteiger partial charge in [0, 0.05) is 5.56 Å². The van der Waals surface area contributed by atoms with Crippen LogP contribution < -0.4 is 0 Å². The molecule has 0 aromatic heterocycles. The summed E-state index contributed by atoms with van der Waals surface area (Å²) in [5.74, 6) is -0.679. The summed E-state index contributed by atoms with van der Waals surface area (Å²) in [6, 6.07) is 9.15. The highest BCUT2D eigenvalue weighted by Gasteiger charge is 2.46. The van der Waals surface area contributed by atoms with Crippen molar-refractivity contribution < 1.29 is 14.0 Å². The first kappa shape index (κ1) is 15.4. The molecule has 1 aromatic carbocycles. The number of ether oxygens (including phenoxy) is 1. The van der Waals surface area contributed by atoms with Gasteiger partial charge < -0.3 is 9.16 Å². The Balaban J connectivity index is 3.37. The van der Waals surface area contributed by atoms with E-state index in [9.17, 15) is 10.1 Å². The molecule has 5 heteroatoms. The molecule has 0 aliphatic rings. The second-order valence-corrected chi connectivity index (χ2v) is 9.79. The fraction of sp³-hybridized carbons (Fsp3) is 0.429. The van der Waals surface area contributed by atoms with Gasteiger partial charge in [0.25, 0.3) is 5.60 Å². The van der Waals surface area contributed by atoms with Gasteiger partial charge in [0.15, 0.2) is 8.32 Å². The lowest BCUT2D eigenvalue weighted by atomic mass is 9.95. The average molecular weight is 277 g/mol. The van der Waals surface area contributed by atoms with Crippen molar-refractivity contribution in [1.82, 2.24) is 0 Å². The zero-order valence-electron chi connectivity index (χ0n) is 12.0. The maximum atomic E-state index is 12.1. The van der Waals surface area contributed by atoms with Crippen molar-refractivity contribution in [3.8, 4) is 6.07 Å². The van der Waals surface area contributed by atoms with E-state index in [1.54, 1.807) is 12.1 Å². The number of hydrogen-bond acceptors (Lipinski definition) is 4. The molecule has 102 valence electrons. The number of benzene rings is 1. The maximum absolute atomic E-state index is 12.1. The van der Waals surface area contributed by atoms with E-state index in [4.69, 9.17) is 9.16 Å². The lowest BCUT2D eigenvalue weighted by Crippen LogP contribution is -2.46. The molecule has 1 aromatic rings. The molecule has 0 saturated carbocycles. The van der Waals surface area contributed by atoms with Gasteiger partial charge >= 0.3 is 5.97 Å². The second-order valence-electron chi connectivity index (χ2n) is 5.37. The van der Waals surface area contributed by atoms with Crippen LogP contribution in [-0.4, -0.2) is 21.4 Å². The van der Waals surface area contributed by atoms with Crippen LogP contribution in [0.2, 0.25) is 19.6 Å². The molecule has 0 spiro atoms. The Morgan fingerprint density at radius 2 is 1.79 bits per heavy atom. The van der Waals surface area contributed by atoms with Crippen LogP contribution in [0.15, 0.2) is 24.3 Å². The molecule has 4 nitrogen and oxygen atoms in total. The van der Waals surface area contributed by atoms with Crippen molar-refractivity contribution in [3.05, 3.63) is 35.4 Å². The number of carbonyl (C=O) groups excluding carboxylic acids is 1. The summed E-state index contributed by atoms with van der Waals surface area (Å²) in [5.41, 5.74) is -0.115. The van der Waals surface area contributed by atoms with E-state index in [0.717, 1.165) is 5.56 Å².